The molecule has 0 unspecified atom stereocenters. The molecule has 1 rings (SSSR count). The lowest BCUT2D eigenvalue weighted by atomic mass is 9.76. The Morgan fingerprint density at radius 2 is 1.58 bits per heavy atom. The summed E-state index contributed by atoms with van der Waals surface area (Å²) in [7, 11) is 0. The molecule has 0 aliphatic rings. The molecule has 0 aliphatic carbocycles. The van der Waals surface area contributed by atoms with Gasteiger partial charge in [0.1, 0.15) is 0 Å². The van der Waals surface area contributed by atoms with Gasteiger partial charge in [-0.3, -0.25) is 0 Å². The molecule has 0 atom stereocenters. The second-order valence-electron chi connectivity index (χ2n) is 6.54. The number of hydrogen-bond acceptors (Lipinski definition) is 1. The van der Waals surface area contributed by atoms with Crippen LogP contribution in [0.2, 0.25) is 0 Å². The van der Waals surface area contributed by atoms with E-state index in [-0.39, 0.29) is 10.8 Å². The van der Waals surface area contributed by atoms with E-state index in [2.05, 4.69) is 47.6 Å². The third kappa shape index (κ3) is 3.17. The highest BCUT2D eigenvalue weighted by molar-refractivity contribution is 5.90. The average molecular weight is 262 g/mol. The average Bonchev–Trinajstić information content (AvgIpc) is 2.37. The van der Waals surface area contributed by atoms with Crippen LogP contribution in [0.4, 0.5) is 0 Å². The van der Waals surface area contributed by atoms with Gasteiger partial charge in [0, 0.05) is 0 Å². The van der Waals surface area contributed by atoms with Gasteiger partial charge in [0.05, 0.1) is 5.56 Å². The Bertz CT molecular complexity index is 470. The smallest absolute Gasteiger partial charge is 0.335 e. The molecular weight excluding hydrogens is 236 g/mol. The van der Waals surface area contributed by atoms with Crippen molar-refractivity contribution in [3.05, 3.63) is 34.9 Å². The number of carboxylic acids is 1. The summed E-state index contributed by atoms with van der Waals surface area (Å²) in [5.74, 6) is -0.828. The molecule has 0 spiro atoms. The number of benzene rings is 1. The summed E-state index contributed by atoms with van der Waals surface area (Å²) in [4.78, 5) is 11.6. The summed E-state index contributed by atoms with van der Waals surface area (Å²) in [6.07, 6.45) is 1.91. The number of carbonyl (C=O) groups is 1. The second kappa shape index (κ2) is 5.36. The molecular formula is C17H26O2. The monoisotopic (exact) mass is 262 g/mol. The van der Waals surface area contributed by atoms with Crippen molar-refractivity contribution in [2.45, 2.75) is 65.2 Å². The van der Waals surface area contributed by atoms with Crippen molar-refractivity contribution in [3.63, 3.8) is 0 Å². The SMILES string of the molecule is CCC(C)(C)c1ccc(C(C)(C)CC)c(C(=O)O)c1. The number of hydrogen-bond donors (Lipinski definition) is 1. The Labute approximate surface area is 116 Å². The first-order valence-electron chi connectivity index (χ1n) is 7.04. The van der Waals surface area contributed by atoms with E-state index in [0.717, 1.165) is 24.0 Å². The topological polar surface area (TPSA) is 37.3 Å². The normalized spacial score (nSPS) is 12.5. The van der Waals surface area contributed by atoms with E-state index < -0.39 is 5.97 Å². The molecule has 19 heavy (non-hydrogen) atoms. The summed E-state index contributed by atoms with van der Waals surface area (Å²) in [6, 6.07) is 5.95. The van der Waals surface area contributed by atoms with Crippen molar-refractivity contribution in [2.24, 2.45) is 0 Å². The van der Waals surface area contributed by atoms with Gasteiger partial charge in [-0.25, -0.2) is 4.79 Å². The largest absolute Gasteiger partial charge is 0.478 e. The van der Waals surface area contributed by atoms with Crippen LogP contribution in [0.5, 0.6) is 0 Å². The van der Waals surface area contributed by atoms with Crippen LogP contribution in [0.1, 0.15) is 75.9 Å². The highest BCUT2D eigenvalue weighted by Crippen LogP contribution is 2.34. The van der Waals surface area contributed by atoms with Gasteiger partial charge in [-0.15, -0.1) is 0 Å². The Morgan fingerprint density at radius 1 is 1.05 bits per heavy atom. The Morgan fingerprint density at radius 3 is 2.00 bits per heavy atom. The lowest BCUT2D eigenvalue weighted by Gasteiger charge is -2.29. The van der Waals surface area contributed by atoms with Crippen molar-refractivity contribution >= 4 is 5.97 Å². The highest BCUT2D eigenvalue weighted by atomic mass is 16.4. The Kier molecular flexibility index (Phi) is 4.44. The van der Waals surface area contributed by atoms with E-state index in [4.69, 9.17) is 0 Å². The lowest BCUT2D eigenvalue weighted by molar-refractivity contribution is 0.0693. The van der Waals surface area contributed by atoms with Gasteiger partial charge in [-0.1, -0.05) is 53.7 Å². The molecule has 2 heteroatoms. The van der Waals surface area contributed by atoms with Crippen molar-refractivity contribution in [3.8, 4) is 0 Å². The van der Waals surface area contributed by atoms with Gasteiger partial charge < -0.3 is 5.11 Å². The van der Waals surface area contributed by atoms with Crippen LogP contribution in [0.15, 0.2) is 18.2 Å². The fraction of sp³-hybridized carbons (Fsp3) is 0.588. The van der Waals surface area contributed by atoms with E-state index in [0.29, 0.717) is 5.56 Å². The third-order valence-electron chi connectivity index (χ3n) is 4.53. The molecule has 0 aromatic heterocycles. The zero-order valence-electron chi connectivity index (χ0n) is 13.0. The predicted molar refractivity (Wildman–Crippen MR) is 80.0 cm³/mol. The first-order valence-corrected chi connectivity index (χ1v) is 7.04. The van der Waals surface area contributed by atoms with Crippen molar-refractivity contribution in [1.82, 2.24) is 0 Å². The maximum Gasteiger partial charge on any atom is 0.335 e. The van der Waals surface area contributed by atoms with Crippen LogP contribution in [0, 0.1) is 0 Å². The van der Waals surface area contributed by atoms with Gasteiger partial charge >= 0.3 is 5.97 Å². The van der Waals surface area contributed by atoms with Crippen LogP contribution in [-0.2, 0) is 10.8 Å². The van der Waals surface area contributed by atoms with Gasteiger partial charge in [0.2, 0.25) is 0 Å². The molecule has 0 radical (unpaired) electrons. The Balaban J connectivity index is 3.43. The summed E-state index contributed by atoms with van der Waals surface area (Å²) in [5, 5.41) is 9.49. The molecule has 1 aromatic rings. The molecule has 106 valence electrons. The van der Waals surface area contributed by atoms with Crippen LogP contribution >= 0.6 is 0 Å². The van der Waals surface area contributed by atoms with Gasteiger partial charge in [-0.05, 0) is 40.9 Å². The third-order valence-corrected chi connectivity index (χ3v) is 4.53. The fourth-order valence-corrected chi connectivity index (χ4v) is 2.13. The van der Waals surface area contributed by atoms with Crippen LogP contribution in [0.3, 0.4) is 0 Å². The van der Waals surface area contributed by atoms with E-state index in [1.54, 1.807) is 0 Å². The molecule has 1 N–H and O–H groups in total. The number of carboxylic acid groups (broad SMARTS) is 1. The maximum atomic E-state index is 11.6. The van der Waals surface area contributed by atoms with E-state index in [9.17, 15) is 9.90 Å². The van der Waals surface area contributed by atoms with E-state index in [1.807, 2.05) is 12.1 Å². The molecule has 2 nitrogen and oxygen atoms in total. The molecule has 0 heterocycles. The number of rotatable bonds is 5. The molecule has 0 fully saturated rings. The minimum absolute atomic E-state index is 0.0130. The summed E-state index contributed by atoms with van der Waals surface area (Å²) < 4.78 is 0. The second-order valence-corrected chi connectivity index (χ2v) is 6.54. The van der Waals surface area contributed by atoms with E-state index >= 15 is 0 Å². The zero-order chi connectivity index (χ0) is 14.8. The molecule has 1 aromatic carbocycles. The predicted octanol–water partition coefficient (Wildman–Crippen LogP) is 4.76. The zero-order valence-corrected chi connectivity index (χ0v) is 13.0. The minimum Gasteiger partial charge on any atom is -0.478 e. The van der Waals surface area contributed by atoms with E-state index in [1.165, 1.54) is 0 Å². The number of aromatic carboxylic acids is 1. The molecule has 0 saturated carbocycles. The van der Waals surface area contributed by atoms with Gasteiger partial charge in [-0.2, -0.15) is 0 Å². The first-order chi connectivity index (χ1) is 8.65. The van der Waals surface area contributed by atoms with Gasteiger partial charge in [0.25, 0.3) is 0 Å². The fourth-order valence-electron chi connectivity index (χ4n) is 2.13. The molecule has 0 bridgehead atoms. The summed E-state index contributed by atoms with van der Waals surface area (Å²) in [6.45, 7) is 12.7. The minimum atomic E-state index is -0.828. The van der Waals surface area contributed by atoms with Crippen LogP contribution in [0.25, 0.3) is 0 Å². The van der Waals surface area contributed by atoms with Gasteiger partial charge in [0.15, 0.2) is 0 Å². The first kappa shape index (κ1) is 15.7. The standard InChI is InChI=1S/C17H26O2/c1-7-16(3,4)12-9-10-14(17(5,6)8-2)13(11-12)15(18)19/h9-11H,7-8H2,1-6H3,(H,18,19). The van der Waals surface area contributed by atoms with Crippen LogP contribution < -0.4 is 0 Å². The van der Waals surface area contributed by atoms with Crippen molar-refractivity contribution in [2.75, 3.05) is 0 Å². The molecule has 0 amide bonds. The highest BCUT2D eigenvalue weighted by Gasteiger charge is 2.27. The van der Waals surface area contributed by atoms with Crippen molar-refractivity contribution in [1.29, 1.82) is 0 Å². The maximum absolute atomic E-state index is 11.6. The molecule has 0 aliphatic heterocycles. The van der Waals surface area contributed by atoms with Crippen molar-refractivity contribution < 1.29 is 9.90 Å². The summed E-state index contributed by atoms with van der Waals surface area (Å²) >= 11 is 0. The summed E-state index contributed by atoms with van der Waals surface area (Å²) in [5.41, 5.74) is 2.38. The molecule has 0 saturated heterocycles. The lowest BCUT2D eigenvalue weighted by Crippen LogP contribution is -2.22. The Hall–Kier alpha value is -1.31. The quantitative estimate of drug-likeness (QED) is 0.830. The van der Waals surface area contributed by atoms with Crippen LogP contribution in [-0.4, -0.2) is 11.1 Å².